The van der Waals surface area contributed by atoms with Gasteiger partial charge in [0.1, 0.15) is 5.60 Å². The fourth-order valence-electron chi connectivity index (χ4n) is 5.55. The average molecular weight is 492 g/mol. The van der Waals surface area contributed by atoms with Gasteiger partial charge in [0, 0.05) is 5.69 Å². The number of carbonyl (C=O) groups excluding carboxylic acids is 1. The van der Waals surface area contributed by atoms with Crippen molar-refractivity contribution < 1.29 is 19.4 Å². The van der Waals surface area contributed by atoms with Crippen LogP contribution in [0.1, 0.15) is 41.1 Å². The molecule has 2 unspecified atom stereocenters. The second-order valence-electron chi connectivity index (χ2n) is 9.84. The summed E-state index contributed by atoms with van der Waals surface area (Å²) >= 11 is 0. The minimum absolute atomic E-state index is 0.0648. The number of benzene rings is 4. The summed E-state index contributed by atoms with van der Waals surface area (Å²) in [6.45, 7) is 2.24. The van der Waals surface area contributed by atoms with Crippen molar-refractivity contribution in [3.8, 4) is 11.5 Å². The quantitative estimate of drug-likeness (QED) is 0.315. The molecule has 4 aromatic rings. The van der Waals surface area contributed by atoms with E-state index in [1.807, 2.05) is 115 Å². The zero-order chi connectivity index (χ0) is 25.4. The molecule has 1 amide bonds. The third-order valence-corrected chi connectivity index (χ3v) is 7.58. The number of amides is 1. The maximum absolute atomic E-state index is 13.6. The molecule has 0 aromatic heterocycles. The first-order valence-electron chi connectivity index (χ1n) is 12.7. The standard InChI is InChI=1S/C32H29NO4/c1-22-12-15-26(16-13-22)33-30(23-14-17-28-29(20-23)37-21-36-28)27(31(33)34)18-19-32(35,24-8-4-2-5-9-24)25-10-6-3-7-11-25/h2-17,20,27,30,35H,18-19,21H2,1H3. The van der Waals surface area contributed by atoms with Gasteiger partial charge >= 0.3 is 0 Å². The lowest BCUT2D eigenvalue weighted by Crippen LogP contribution is -2.55. The molecular weight excluding hydrogens is 462 g/mol. The van der Waals surface area contributed by atoms with E-state index in [1.54, 1.807) is 0 Å². The van der Waals surface area contributed by atoms with Crippen molar-refractivity contribution in [2.75, 3.05) is 11.7 Å². The molecule has 1 saturated heterocycles. The van der Waals surface area contributed by atoms with E-state index in [4.69, 9.17) is 9.47 Å². The van der Waals surface area contributed by atoms with E-state index >= 15 is 0 Å². The Hall–Kier alpha value is -4.09. The fraction of sp³-hybridized carbons (Fsp3) is 0.219. The normalized spacial score (nSPS) is 18.5. The molecule has 0 aliphatic carbocycles. The predicted octanol–water partition coefficient (Wildman–Crippen LogP) is 6.14. The lowest BCUT2D eigenvalue weighted by Gasteiger charge is -2.48. The largest absolute Gasteiger partial charge is 0.454 e. The predicted molar refractivity (Wildman–Crippen MR) is 143 cm³/mol. The molecule has 0 saturated carbocycles. The van der Waals surface area contributed by atoms with E-state index in [2.05, 4.69) is 0 Å². The summed E-state index contributed by atoms with van der Waals surface area (Å²) in [5.74, 6) is 1.20. The van der Waals surface area contributed by atoms with Gasteiger partial charge in [-0.2, -0.15) is 0 Å². The summed E-state index contributed by atoms with van der Waals surface area (Å²) < 4.78 is 11.2. The van der Waals surface area contributed by atoms with Crippen molar-refractivity contribution in [3.05, 3.63) is 125 Å². The maximum Gasteiger partial charge on any atom is 0.233 e. The molecule has 0 radical (unpaired) electrons. The Balaban J connectivity index is 1.34. The number of hydrogen-bond acceptors (Lipinski definition) is 4. The molecule has 2 aliphatic rings. The van der Waals surface area contributed by atoms with Crippen LogP contribution in [0.2, 0.25) is 0 Å². The zero-order valence-electron chi connectivity index (χ0n) is 20.7. The third kappa shape index (κ3) is 4.15. The number of aryl methyl sites for hydroxylation is 1. The van der Waals surface area contributed by atoms with E-state index in [0.29, 0.717) is 18.6 Å². The van der Waals surface area contributed by atoms with E-state index < -0.39 is 5.60 Å². The van der Waals surface area contributed by atoms with Crippen LogP contribution in [-0.4, -0.2) is 17.8 Å². The second kappa shape index (κ2) is 9.41. The van der Waals surface area contributed by atoms with Crippen molar-refractivity contribution >= 4 is 11.6 Å². The van der Waals surface area contributed by atoms with E-state index in [9.17, 15) is 9.90 Å². The Morgan fingerprint density at radius 3 is 2.11 bits per heavy atom. The van der Waals surface area contributed by atoms with Gasteiger partial charge < -0.3 is 19.5 Å². The highest BCUT2D eigenvalue weighted by molar-refractivity contribution is 6.03. The molecule has 5 heteroatoms. The Labute approximate surface area is 216 Å². The number of hydrogen-bond donors (Lipinski definition) is 1. The second-order valence-corrected chi connectivity index (χ2v) is 9.84. The molecule has 1 fully saturated rings. The molecule has 4 aromatic carbocycles. The number of β-lactam (4-membered cyclic amide) rings is 1. The van der Waals surface area contributed by atoms with Gasteiger partial charge in [-0.05, 0) is 60.7 Å². The van der Waals surface area contributed by atoms with E-state index in [1.165, 1.54) is 0 Å². The van der Waals surface area contributed by atoms with Crippen LogP contribution in [0.5, 0.6) is 11.5 Å². The molecule has 37 heavy (non-hydrogen) atoms. The highest BCUT2D eigenvalue weighted by Crippen LogP contribution is 2.49. The van der Waals surface area contributed by atoms with Crippen LogP contribution in [0, 0.1) is 12.8 Å². The smallest absolute Gasteiger partial charge is 0.233 e. The monoisotopic (exact) mass is 491 g/mol. The molecule has 2 atom stereocenters. The maximum atomic E-state index is 13.6. The average Bonchev–Trinajstić information content (AvgIpc) is 3.41. The summed E-state index contributed by atoms with van der Waals surface area (Å²) in [7, 11) is 0. The van der Waals surface area contributed by atoms with Crippen LogP contribution in [-0.2, 0) is 10.4 Å². The van der Waals surface area contributed by atoms with Crippen molar-refractivity contribution in [2.45, 2.75) is 31.4 Å². The van der Waals surface area contributed by atoms with E-state index in [-0.39, 0.29) is 24.7 Å². The van der Waals surface area contributed by atoms with Crippen LogP contribution < -0.4 is 14.4 Å². The molecular formula is C32H29NO4. The Morgan fingerprint density at radius 1 is 0.838 bits per heavy atom. The molecule has 1 N–H and O–H groups in total. The summed E-state index contributed by atoms with van der Waals surface area (Å²) in [5, 5.41) is 12.0. The minimum Gasteiger partial charge on any atom is -0.454 e. The first-order valence-corrected chi connectivity index (χ1v) is 12.7. The lowest BCUT2D eigenvalue weighted by molar-refractivity contribution is -0.131. The van der Waals surface area contributed by atoms with Gasteiger partial charge in [0.25, 0.3) is 0 Å². The number of anilines is 1. The summed E-state index contributed by atoms with van der Waals surface area (Å²) in [4.78, 5) is 15.5. The first kappa shape index (κ1) is 23.3. The molecule has 5 nitrogen and oxygen atoms in total. The summed E-state index contributed by atoms with van der Waals surface area (Å²) in [6, 6.07) is 33.2. The molecule has 0 bridgehead atoms. The van der Waals surface area contributed by atoms with Gasteiger partial charge in [0.15, 0.2) is 11.5 Å². The molecule has 2 heterocycles. The number of nitrogens with zero attached hydrogens (tertiary/aromatic N) is 1. The molecule has 6 rings (SSSR count). The van der Waals surface area contributed by atoms with Gasteiger partial charge in [-0.15, -0.1) is 0 Å². The van der Waals surface area contributed by atoms with Crippen LogP contribution in [0.3, 0.4) is 0 Å². The van der Waals surface area contributed by atoms with Crippen molar-refractivity contribution in [2.24, 2.45) is 5.92 Å². The van der Waals surface area contributed by atoms with Crippen molar-refractivity contribution in [1.29, 1.82) is 0 Å². The number of carbonyl (C=O) groups is 1. The Morgan fingerprint density at radius 2 is 1.46 bits per heavy atom. The van der Waals surface area contributed by atoms with Crippen LogP contribution >= 0.6 is 0 Å². The van der Waals surface area contributed by atoms with Crippen molar-refractivity contribution in [1.82, 2.24) is 0 Å². The van der Waals surface area contributed by atoms with Crippen LogP contribution in [0.25, 0.3) is 0 Å². The Bertz CT molecular complexity index is 1360. The minimum atomic E-state index is -1.20. The van der Waals surface area contributed by atoms with E-state index in [0.717, 1.165) is 33.7 Å². The lowest BCUT2D eigenvalue weighted by atomic mass is 9.74. The number of ether oxygens (including phenoxy) is 2. The topological polar surface area (TPSA) is 59.0 Å². The van der Waals surface area contributed by atoms with Gasteiger partial charge in [0.2, 0.25) is 12.7 Å². The zero-order valence-corrected chi connectivity index (χ0v) is 20.7. The summed E-state index contributed by atoms with van der Waals surface area (Å²) in [5.41, 5.74) is 3.45. The number of rotatable bonds is 7. The van der Waals surface area contributed by atoms with Gasteiger partial charge in [0.05, 0.1) is 12.0 Å². The highest BCUT2D eigenvalue weighted by Gasteiger charge is 2.49. The van der Waals surface area contributed by atoms with Crippen molar-refractivity contribution in [3.63, 3.8) is 0 Å². The molecule has 2 aliphatic heterocycles. The van der Waals surface area contributed by atoms with Crippen LogP contribution in [0.15, 0.2) is 103 Å². The first-order chi connectivity index (χ1) is 18.0. The van der Waals surface area contributed by atoms with Crippen LogP contribution in [0.4, 0.5) is 5.69 Å². The summed E-state index contributed by atoms with van der Waals surface area (Å²) in [6.07, 6.45) is 0.945. The number of aliphatic hydroxyl groups is 1. The fourth-order valence-corrected chi connectivity index (χ4v) is 5.55. The number of fused-ring (bicyclic) bond motifs is 1. The SMILES string of the molecule is Cc1ccc(N2C(=O)C(CCC(O)(c3ccccc3)c3ccccc3)C2c2ccc3c(c2)OCO3)cc1. The molecule has 186 valence electrons. The molecule has 0 spiro atoms. The van der Waals surface area contributed by atoms with Gasteiger partial charge in [-0.3, -0.25) is 4.79 Å². The van der Waals surface area contributed by atoms with Gasteiger partial charge in [-0.1, -0.05) is 84.4 Å². The highest BCUT2D eigenvalue weighted by atomic mass is 16.7. The van der Waals surface area contributed by atoms with Gasteiger partial charge in [-0.25, -0.2) is 0 Å². The third-order valence-electron chi connectivity index (χ3n) is 7.58. The Kier molecular flexibility index (Phi) is 5.93.